The first-order valence-corrected chi connectivity index (χ1v) is 7.25. The van der Waals surface area contributed by atoms with Crippen molar-refractivity contribution >= 4 is 38.3 Å². The van der Waals surface area contributed by atoms with Gasteiger partial charge in [0.05, 0.1) is 15.2 Å². The number of hydrogen-bond donors (Lipinski definition) is 1. The van der Waals surface area contributed by atoms with Crippen molar-refractivity contribution in [3.63, 3.8) is 0 Å². The van der Waals surface area contributed by atoms with Gasteiger partial charge in [-0.2, -0.15) is 0 Å². The van der Waals surface area contributed by atoms with E-state index in [0.717, 1.165) is 26.3 Å². The first-order chi connectivity index (χ1) is 8.24. The van der Waals surface area contributed by atoms with Crippen molar-refractivity contribution in [1.82, 2.24) is 4.98 Å². The lowest BCUT2D eigenvalue weighted by Crippen LogP contribution is -2.21. The van der Waals surface area contributed by atoms with Crippen molar-refractivity contribution in [2.75, 3.05) is 5.32 Å². The zero-order chi connectivity index (χ0) is 11.8. The van der Waals surface area contributed by atoms with Gasteiger partial charge < -0.3 is 5.32 Å². The quantitative estimate of drug-likeness (QED) is 0.863. The summed E-state index contributed by atoms with van der Waals surface area (Å²) in [5.74, 6) is 0.748. The molecule has 1 aromatic heterocycles. The molecule has 1 heterocycles. The molecule has 2 atom stereocenters. The summed E-state index contributed by atoms with van der Waals surface area (Å²) < 4.78 is 1.09. The van der Waals surface area contributed by atoms with Gasteiger partial charge in [0.1, 0.15) is 0 Å². The maximum Gasteiger partial charge on any atom is 0.184 e. The molecule has 1 aromatic carbocycles. The minimum atomic E-state index is 0.578. The van der Waals surface area contributed by atoms with E-state index in [1.54, 1.807) is 11.3 Å². The van der Waals surface area contributed by atoms with E-state index in [2.05, 4.69) is 17.2 Å². The predicted octanol–water partition coefficient (Wildman–Crippen LogP) is 4.55. The summed E-state index contributed by atoms with van der Waals surface area (Å²) >= 11 is 7.82. The molecule has 90 valence electrons. The first-order valence-electron chi connectivity index (χ1n) is 6.05. The Hall–Kier alpha value is -0.800. The summed E-state index contributed by atoms with van der Waals surface area (Å²) in [6, 6.07) is 6.46. The summed E-state index contributed by atoms with van der Waals surface area (Å²) in [5.41, 5.74) is 0.996. The molecule has 3 rings (SSSR count). The first kappa shape index (κ1) is 11.3. The molecule has 1 saturated carbocycles. The fourth-order valence-corrected chi connectivity index (χ4v) is 3.71. The Morgan fingerprint density at radius 1 is 1.41 bits per heavy atom. The number of nitrogens with zero attached hydrogens (tertiary/aromatic N) is 1. The Morgan fingerprint density at radius 2 is 2.29 bits per heavy atom. The van der Waals surface area contributed by atoms with Gasteiger partial charge in [0.25, 0.3) is 0 Å². The third kappa shape index (κ3) is 2.14. The molecule has 0 radical (unpaired) electrons. The highest BCUT2D eigenvalue weighted by molar-refractivity contribution is 7.22. The summed E-state index contributed by atoms with van der Waals surface area (Å²) in [7, 11) is 0. The van der Waals surface area contributed by atoms with E-state index < -0.39 is 0 Å². The smallest absolute Gasteiger partial charge is 0.184 e. The lowest BCUT2D eigenvalue weighted by atomic mass is 10.1. The van der Waals surface area contributed by atoms with Crippen LogP contribution in [0.2, 0.25) is 5.02 Å². The largest absolute Gasteiger partial charge is 0.358 e. The molecule has 1 aliphatic rings. The summed E-state index contributed by atoms with van der Waals surface area (Å²) in [6.45, 7) is 2.31. The highest BCUT2D eigenvalue weighted by Gasteiger charge is 2.24. The topological polar surface area (TPSA) is 24.9 Å². The Morgan fingerprint density at radius 3 is 3.00 bits per heavy atom. The van der Waals surface area contributed by atoms with Crippen LogP contribution in [0.3, 0.4) is 0 Å². The fraction of sp³-hybridized carbons (Fsp3) is 0.462. The van der Waals surface area contributed by atoms with Crippen LogP contribution in [0.25, 0.3) is 10.2 Å². The average molecular weight is 267 g/mol. The molecule has 1 fully saturated rings. The molecule has 4 heteroatoms. The van der Waals surface area contributed by atoms with Gasteiger partial charge in [0.15, 0.2) is 5.13 Å². The van der Waals surface area contributed by atoms with Crippen LogP contribution in [-0.2, 0) is 0 Å². The highest BCUT2D eigenvalue weighted by atomic mass is 35.5. The van der Waals surface area contributed by atoms with Gasteiger partial charge in [-0.15, -0.1) is 0 Å². The van der Waals surface area contributed by atoms with Gasteiger partial charge >= 0.3 is 0 Å². The average Bonchev–Trinajstić information content (AvgIpc) is 2.87. The van der Waals surface area contributed by atoms with E-state index in [4.69, 9.17) is 11.6 Å². The number of anilines is 1. The molecule has 0 bridgehead atoms. The number of benzene rings is 1. The lowest BCUT2D eigenvalue weighted by molar-refractivity contribution is 0.556. The third-order valence-corrected chi connectivity index (χ3v) is 5.00. The number of thiazole rings is 1. The predicted molar refractivity (Wildman–Crippen MR) is 75.1 cm³/mol. The third-order valence-electron chi connectivity index (χ3n) is 3.54. The van der Waals surface area contributed by atoms with Gasteiger partial charge in [-0.05, 0) is 30.9 Å². The van der Waals surface area contributed by atoms with E-state index in [1.165, 1.54) is 19.3 Å². The van der Waals surface area contributed by atoms with Crippen LogP contribution in [-0.4, -0.2) is 11.0 Å². The molecule has 1 N–H and O–H groups in total. The van der Waals surface area contributed by atoms with Crippen LogP contribution in [0.15, 0.2) is 18.2 Å². The van der Waals surface area contributed by atoms with Crippen LogP contribution in [0.5, 0.6) is 0 Å². The van der Waals surface area contributed by atoms with Crippen molar-refractivity contribution in [3.05, 3.63) is 23.2 Å². The zero-order valence-corrected chi connectivity index (χ0v) is 11.3. The number of hydrogen-bond acceptors (Lipinski definition) is 3. The molecule has 2 unspecified atom stereocenters. The number of halogens is 1. The Bertz CT molecular complexity index is 537. The van der Waals surface area contributed by atoms with Crippen molar-refractivity contribution < 1.29 is 0 Å². The SMILES string of the molecule is CC1CCCC1Nc1nc2cccc(Cl)c2s1. The normalized spacial score (nSPS) is 24.4. The van der Waals surface area contributed by atoms with Crippen LogP contribution < -0.4 is 5.32 Å². The molecule has 2 nitrogen and oxygen atoms in total. The summed E-state index contributed by atoms with van der Waals surface area (Å²) in [6.07, 6.45) is 3.90. The fourth-order valence-electron chi connectivity index (χ4n) is 2.50. The molecule has 0 aliphatic heterocycles. The molecule has 2 aromatic rings. The van der Waals surface area contributed by atoms with Crippen molar-refractivity contribution in [1.29, 1.82) is 0 Å². The number of aromatic nitrogens is 1. The van der Waals surface area contributed by atoms with Crippen molar-refractivity contribution in [2.45, 2.75) is 32.2 Å². The number of fused-ring (bicyclic) bond motifs is 1. The lowest BCUT2D eigenvalue weighted by Gasteiger charge is -2.15. The maximum absolute atomic E-state index is 6.16. The minimum Gasteiger partial charge on any atom is -0.358 e. The van der Waals surface area contributed by atoms with Crippen molar-refractivity contribution in [3.8, 4) is 0 Å². The van der Waals surface area contributed by atoms with Crippen LogP contribution in [0, 0.1) is 5.92 Å². The summed E-state index contributed by atoms with van der Waals surface area (Å²) in [5, 5.41) is 5.36. The molecule has 0 amide bonds. The van der Waals surface area contributed by atoms with E-state index in [1.807, 2.05) is 18.2 Å². The molecular formula is C13H15ClN2S. The molecule has 1 aliphatic carbocycles. The van der Waals surface area contributed by atoms with E-state index >= 15 is 0 Å². The maximum atomic E-state index is 6.16. The van der Waals surface area contributed by atoms with Crippen LogP contribution >= 0.6 is 22.9 Å². The standard InChI is InChI=1S/C13H15ClN2S/c1-8-4-2-6-10(8)15-13-16-11-7-3-5-9(14)12(11)17-13/h3,5,7-8,10H,2,4,6H2,1H3,(H,15,16). The van der Waals surface area contributed by atoms with Gasteiger partial charge in [-0.3, -0.25) is 0 Å². The van der Waals surface area contributed by atoms with Gasteiger partial charge in [-0.25, -0.2) is 4.98 Å². The zero-order valence-electron chi connectivity index (χ0n) is 9.74. The molecule has 0 spiro atoms. The highest BCUT2D eigenvalue weighted by Crippen LogP contribution is 2.34. The number of rotatable bonds is 2. The van der Waals surface area contributed by atoms with Crippen molar-refractivity contribution in [2.24, 2.45) is 5.92 Å². The van der Waals surface area contributed by atoms with Crippen LogP contribution in [0.1, 0.15) is 26.2 Å². The van der Waals surface area contributed by atoms with E-state index in [-0.39, 0.29) is 0 Å². The van der Waals surface area contributed by atoms with E-state index in [0.29, 0.717) is 6.04 Å². The second-order valence-electron chi connectivity index (χ2n) is 4.77. The monoisotopic (exact) mass is 266 g/mol. The second kappa shape index (κ2) is 4.46. The summed E-state index contributed by atoms with van der Waals surface area (Å²) in [4.78, 5) is 4.59. The Balaban J connectivity index is 1.88. The van der Waals surface area contributed by atoms with Gasteiger partial charge in [-0.1, -0.05) is 42.3 Å². The van der Waals surface area contributed by atoms with E-state index in [9.17, 15) is 0 Å². The second-order valence-corrected chi connectivity index (χ2v) is 6.17. The number of nitrogens with one attached hydrogen (secondary N) is 1. The van der Waals surface area contributed by atoms with Crippen LogP contribution in [0.4, 0.5) is 5.13 Å². The Kier molecular flexibility index (Phi) is 2.97. The van der Waals surface area contributed by atoms with Gasteiger partial charge in [0.2, 0.25) is 0 Å². The minimum absolute atomic E-state index is 0.578. The molecular weight excluding hydrogens is 252 g/mol. The molecule has 17 heavy (non-hydrogen) atoms. The van der Waals surface area contributed by atoms with Gasteiger partial charge in [0, 0.05) is 6.04 Å². The Labute approximate surface area is 110 Å². The molecule has 0 saturated heterocycles.